The molecule has 0 spiro atoms. The molecule has 1 aliphatic heterocycles. The molecule has 2 heterocycles. The number of carbonyl (C=O) groups excluding carboxylic acids is 1. The molecule has 0 unspecified atom stereocenters. The number of piperidine rings is 1. The van der Waals surface area contributed by atoms with Crippen LogP contribution in [-0.4, -0.2) is 45.5 Å². The summed E-state index contributed by atoms with van der Waals surface area (Å²) in [5, 5.41) is 16.7. The van der Waals surface area contributed by atoms with Gasteiger partial charge in [0.05, 0.1) is 18.8 Å². The van der Waals surface area contributed by atoms with Gasteiger partial charge in [-0.05, 0) is 31.2 Å². The average molecular weight is 342 g/mol. The number of rotatable bonds is 5. The van der Waals surface area contributed by atoms with Gasteiger partial charge in [0.15, 0.2) is 0 Å². The first kappa shape index (κ1) is 17.5. The van der Waals surface area contributed by atoms with Crippen molar-refractivity contribution in [1.29, 1.82) is 0 Å². The van der Waals surface area contributed by atoms with Crippen LogP contribution in [0.25, 0.3) is 0 Å². The first-order valence-electron chi connectivity index (χ1n) is 8.88. The number of hydrogen-bond donors (Lipinski definition) is 2. The van der Waals surface area contributed by atoms with Crippen molar-refractivity contribution in [2.24, 2.45) is 5.92 Å². The Morgan fingerprint density at radius 2 is 2.20 bits per heavy atom. The second-order valence-electron chi connectivity index (χ2n) is 6.76. The molecule has 2 N–H and O–H groups in total. The van der Waals surface area contributed by atoms with E-state index in [4.69, 9.17) is 0 Å². The number of likely N-dealkylation sites (tertiary alicyclic amines) is 1. The lowest BCUT2D eigenvalue weighted by Crippen LogP contribution is -2.46. The maximum Gasteiger partial charge on any atom is 0.317 e. The van der Waals surface area contributed by atoms with Gasteiger partial charge in [-0.25, -0.2) is 4.79 Å². The third-order valence-corrected chi connectivity index (χ3v) is 4.74. The summed E-state index contributed by atoms with van der Waals surface area (Å²) < 4.78 is 1.88. The van der Waals surface area contributed by atoms with Crippen molar-refractivity contribution in [1.82, 2.24) is 20.0 Å². The molecule has 134 valence electrons. The van der Waals surface area contributed by atoms with Gasteiger partial charge in [0.1, 0.15) is 0 Å². The van der Waals surface area contributed by atoms with Crippen LogP contribution in [0.3, 0.4) is 0 Å². The maximum atomic E-state index is 12.4. The van der Waals surface area contributed by atoms with Crippen LogP contribution in [0.1, 0.15) is 36.9 Å². The largest absolute Gasteiger partial charge is 0.396 e. The van der Waals surface area contributed by atoms with Gasteiger partial charge in [-0.15, -0.1) is 0 Å². The Bertz CT molecular complexity index is 686. The molecule has 25 heavy (non-hydrogen) atoms. The first-order valence-corrected chi connectivity index (χ1v) is 8.88. The molecule has 6 nitrogen and oxygen atoms in total. The van der Waals surface area contributed by atoms with Crippen LogP contribution in [-0.2, 0) is 6.54 Å². The molecule has 1 saturated heterocycles. The summed E-state index contributed by atoms with van der Waals surface area (Å²) in [5.41, 5.74) is 2.18. The van der Waals surface area contributed by atoms with Gasteiger partial charge >= 0.3 is 6.03 Å². The van der Waals surface area contributed by atoms with Crippen LogP contribution in [0.15, 0.2) is 42.7 Å². The number of carbonyl (C=O) groups is 1. The molecule has 1 aromatic heterocycles. The van der Waals surface area contributed by atoms with Crippen LogP contribution in [0.4, 0.5) is 4.79 Å². The Kier molecular flexibility index (Phi) is 5.71. The molecule has 1 aliphatic rings. The van der Waals surface area contributed by atoms with E-state index in [1.165, 1.54) is 5.56 Å². The van der Waals surface area contributed by atoms with Gasteiger partial charge in [0, 0.05) is 31.5 Å². The van der Waals surface area contributed by atoms with Crippen LogP contribution < -0.4 is 5.32 Å². The highest BCUT2D eigenvalue weighted by molar-refractivity contribution is 5.74. The molecule has 0 radical (unpaired) electrons. The molecule has 3 rings (SSSR count). The SMILES string of the molecule is C[C@@H](NC(=O)N1CCC[C@H](CO)C1)c1cnn(Cc2ccccc2)c1. The topological polar surface area (TPSA) is 70.4 Å². The van der Waals surface area contributed by atoms with E-state index >= 15 is 0 Å². The monoisotopic (exact) mass is 342 g/mol. The number of nitrogens with one attached hydrogen (secondary N) is 1. The number of urea groups is 1. The second-order valence-corrected chi connectivity index (χ2v) is 6.76. The van der Waals surface area contributed by atoms with E-state index < -0.39 is 0 Å². The molecular formula is C19H26N4O2. The Hall–Kier alpha value is -2.34. The van der Waals surface area contributed by atoms with Gasteiger partial charge in [-0.3, -0.25) is 4.68 Å². The normalized spacial score (nSPS) is 18.8. The van der Waals surface area contributed by atoms with E-state index in [0.29, 0.717) is 13.1 Å². The number of aromatic nitrogens is 2. The van der Waals surface area contributed by atoms with Crippen LogP contribution in [0.2, 0.25) is 0 Å². The number of aliphatic hydroxyl groups excluding tert-OH is 1. The average Bonchev–Trinajstić information content (AvgIpc) is 3.11. The highest BCUT2D eigenvalue weighted by Gasteiger charge is 2.24. The first-order chi connectivity index (χ1) is 12.2. The van der Waals surface area contributed by atoms with Gasteiger partial charge in [0.25, 0.3) is 0 Å². The summed E-state index contributed by atoms with van der Waals surface area (Å²) in [6.07, 6.45) is 5.72. The summed E-state index contributed by atoms with van der Waals surface area (Å²) in [4.78, 5) is 14.2. The highest BCUT2D eigenvalue weighted by atomic mass is 16.3. The number of benzene rings is 1. The standard InChI is InChI=1S/C19H26N4O2/c1-15(21-19(25)22-9-5-8-17(11-22)14-24)18-10-20-23(13-18)12-16-6-3-2-4-7-16/h2-4,6-7,10,13,15,17,24H,5,8-9,11-12,14H2,1H3,(H,21,25)/t15-,17+/m1/s1. The van der Waals surface area contributed by atoms with Gasteiger partial charge < -0.3 is 15.3 Å². The van der Waals surface area contributed by atoms with E-state index in [0.717, 1.165) is 24.9 Å². The number of aliphatic hydroxyl groups is 1. The lowest BCUT2D eigenvalue weighted by Gasteiger charge is -2.32. The second kappa shape index (κ2) is 8.16. The summed E-state index contributed by atoms with van der Waals surface area (Å²) >= 11 is 0. The lowest BCUT2D eigenvalue weighted by molar-refractivity contribution is 0.128. The molecular weight excluding hydrogens is 316 g/mol. The summed E-state index contributed by atoms with van der Waals surface area (Å²) in [6.45, 7) is 4.21. The molecule has 1 fully saturated rings. The Morgan fingerprint density at radius 1 is 1.40 bits per heavy atom. The van der Waals surface area contributed by atoms with Gasteiger partial charge in [-0.1, -0.05) is 30.3 Å². The van der Waals surface area contributed by atoms with Crippen molar-refractivity contribution in [2.75, 3.05) is 19.7 Å². The smallest absolute Gasteiger partial charge is 0.317 e. The molecule has 0 aliphatic carbocycles. The minimum Gasteiger partial charge on any atom is -0.396 e. The number of nitrogens with zero attached hydrogens (tertiary/aromatic N) is 3. The van der Waals surface area contributed by atoms with E-state index in [-0.39, 0.29) is 24.6 Å². The van der Waals surface area contributed by atoms with E-state index in [2.05, 4.69) is 22.5 Å². The third-order valence-electron chi connectivity index (χ3n) is 4.74. The Morgan fingerprint density at radius 3 is 2.96 bits per heavy atom. The third kappa shape index (κ3) is 4.60. The Labute approximate surface area is 148 Å². The van der Waals surface area contributed by atoms with Crippen molar-refractivity contribution < 1.29 is 9.90 Å². The summed E-state index contributed by atoms with van der Waals surface area (Å²) in [7, 11) is 0. The Balaban J connectivity index is 1.56. The van der Waals surface area contributed by atoms with E-state index in [1.54, 1.807) is 11.1 Å². The van der Waals surface area contributed by atoms with Gasteiger partial charge in [-0.2, -0.15) is 5.10 Å². The van der Waals surface area contributed by atoms with Crippen LogP contribution in [0, 0.1) is 5.92 Å². The van der Waals surface area contributed by atoms with Crippen molar-refractivity contribution in [3.63, 3.8) is 0 Å². The fourth-order valence-corrected chi connectivity index (χ4v) is 3.22. The highest BCUT2D eigenvalue weighted by Crippen LogP contribution is 2.17. The van der Waals surface area contributed by atoms with Gasteiger partial charge in [0.2, 0.25) is 0 Å². The fourth-order valence-electron chi connectivity index (χ4n) is 3.22. The maximum absolute atomic E-state index is 12.4. The fraction of sp³-hybridized carbons (Fsp3) is 0.474. The van der Waals surface area contributed by atoms with Crippen LogP contribution >= 0.6 is 0 Å². The molecule has 2 atom stereocenters. The van der Waals surface area contributed by atoms with Crippen LogP contribution in [0.5, 0.6) is 0 Å². The summed E-state index contributed by atoms with van der Waals surface area (Å²) in [6, 6.07) is 9.99. The zero-order valence-electron chi connectivity index (χ0n) is 14.6. The van der Waals surface area contributed by atoms with Crippen molar-refractivity contribution in [3.8, 4) is 0 Å². The minimum absolute atomic E-state index is 0.0681. The molecule has 0 bridgehead atoms. The molecule has 2 aromatic rings. The molecule has 0 saturated carbocycles. The predicted molar refractivity (Wildman–Crippen MR) is 96.1 cm³/mol. The number of hydrogen-bond acceptors (Lipinski definition) is 3. The van der Waals surface area contributed by atoms with Crippen molar-refractivity contribution in [3.05, 3.63) is 53.9 Å². The predicted octanol–water partition coefficient (Wildman–Crippen LogP) is 2.41. The lowest BCUT2D eigenvalue weighted by atomic mass is 9.99. The van der Waals surface area contributed by atoms with Crippen molar-refractivity contribution >= 4 is 6.03 Å². The van der Waals surface area contributed by atoms with Crippen molar-refractivity contribution in [2.45, 2.75) is 32.4 Å². The zero-order chi connectivity index (χ0) is 17.6. The quantitative estimate of drug-likeness (QED) is 0.877. The van der Waals surface area contributed by atoms with E-state index in [9.17, 15) is 9.90 Å². The van der Waals surface area contributed by atoms with E-state index in [1.807, 2.05) is 36.0 Å². The summed E-state index contributed by atoms with van der Waals surface area (Å²) in [5.74, 6) is 0.198. The molecule has 1 aromatic carbocycles. The minimum atomic E-state index is -0.105. The zero-order valence-corrected chi connectivity index (χ0v) is 14.6. The molecule has 2 amide bonds. The molecule has 6 heteroatoms. The number of amides is 2.